The minimum Gasteiger partial charge on any atom is -0.356 e. The Morgan fingerprint density at radius 1 is 1.39 bits per heavy atom. The Labute approximate surface area is 104 Å². The normalized spacial score (nSPS) is 16.0. The summed E-state index contributed by atoms with van der Waals surface area (Å²) in [5, 5.41) is 3.13. The SMILES string of the molecule is Cc1cn(C2CC2)c(NCCCCC(F)(F)F)n1. The van der Waals surface area contributed by atoms with Gasteiger partial charge in [0.25, 0.3) is 0 Å². The van der Waals surface area contributed by atoms with Crippen molar-refractivity contribution in [3.05, 3.63) is 11.9 Å². The number of aromatic nitrogens is 2. The van der Waals surface area contributed by atoms with Crippen molar-refractivity contribution in [2.45, 2.75) is 51.2 Å². The van der Waals surface area contributed by atoms with Crippen molar-refractivity contribution in [1.29, 1.82) is 0 Å². The van der Waals surface area contributed by atoms with E-state index < -0.39 is 12.6 Å². The summed E-state index contributed by atoms with van der Waals surface area (Å²) < 4.78 is 37.9. The van der Waals surface area contributed by atoms with Crippen LogP contribution in [0.15, 0.2) is 6.20 Å². The van der Waals surface area contributed by atoms with E-state index in [-0.39, 0.29) is 6.42 Å². The molecular formula is C12H18F3N3. The number of imidazole rings is 1. The van der Waals surface area contributed by atoms with Gasteiger partial charge in [0.05, 0.1) is 5.69 Å². The van der Waals surface area contributed by atoms with Crippen LogP contribution in [0.2, 0.25) is 0 Å². The number of halogens is 3. The van der Waals surface area contributed by atoms with Crippen molar-refractivity contribution >= 4 is 5.95 Å². The summed E-state index contributed by atoms with van der Waals surface area (Å²) in [6.07, 6.45) is 0.260. The highest BCUT2D eigenvalue weighted by Crippen LogP contribution is 2.37. The van der Waals surface area contributed by atoms with Crippen molar-refractivity contribution in [2.24, 2.45) is 0 Å². The Morgan fingerprint density at radius 2 is 2.11 bits per heavy atom. The third-order valence-electron chi connectivity index (χ3n) is 2.96. The average molecular weight is 261 g/mol. The molecule has 0 amide bonds. The van der Waals surface area contributed by atoms with Crippen molar-refractivity contribution in [1.82, 2.24) is 9.55 Å². The molecule has 0 spiro atoms. The molecule has 1 aromatic heterocycles. The number of hydrogen-bond acceptors (Lipinski definition) is 2. The van der Waals surface area contributed by atoms with E-state index in [1.54, 1.807) is 0 Å². The minimum atomic E-state index is -4.04. The fraction of sp³-hybridized carbons (Fsp3) is 0.750. The molecule has 0 saturated heterocycles. The van der Waals surface area contributed by atoms with Crippen LogP contribution < -0.4 is 5.32 Å². The topological polar surface area (TPSA) is 29.9 Å². The third-order valence-corrected chi connectivity index (χ3v) is 2.96. The van der Waals surface area contributed by atoms with Gasteiger partial charge in [-0.15, -0.1) is 0 Å². The van der Waals surface area contributed by atoms with Gasteiger partial charge in [0.2, 0.25) is 5.95 Å². The van der Waals surface area contributed by atoms with Crippen LogP contribution in [0.3, 0.4) is 0 Å². The molecule has 0 atom stereocenters. The number of aryl methyl sites for hydroxylation is 1. The van der Waals surface area contributed by atoms with Crippen molar-refractivity contribution in [2.75, 3.05) is 11.9 Å². The fourth-order valence-electron chi connectivity index (χ4n) is 1.93. The molecule has 102 valence electrons. The number of unbranched alkanes of at least 4 members (excludes halogenated alkanes) is 1. The number of anilines is 1. The third kappa shape index (κ3) is 3.92. The molecule has 1 N–H and O–H groups in total. The van der Waals surface area contributed by atoms with E-state index in [1.165, 1.54) is 12.8 Å². The van der Waals surface area contributed by atoms with E-state index in [0.717, 1.165) is 11.6 Å². The summed E-state index contributed by atoms with van der Waals surface area (Å²) in [5.41, 5.74) is 0.944. The monoisotopic (exact) mass is 261 g/mol. The second kappa shape index (κ2) is 5.20. The van der Waals surface area contributed by atoms with Gasteiger partial charge in [-0.3, -0.25) is 0 Å². The molecule has 1 aliphatic rings. The lowest BCUT2D eigenvalue weighted by atomic mass is 10.2. The van der Waals surface area contributed by atoms with Crippen molar-refractivity contribution in [3.8, 4) is 0 Å². The van der Waals surface area contributed by atoms with Crippen LogP contribution in [0.4, 0.5) is 19.1 Å². The van der Waals surface area contributed by atoms with Gasteiger partial charge >= 0.3 is 6.18 Å². The molecule has 3 nitrogen and oxygen atoms in total. The van der Waals surface area contributed by atoms with E-state index in [1.807, 2.05) is 13.1 Å². The quantitative estimate of drug-likeness (QED) is 0.792. The van der Waals surface area contributed by atoms with Gasteiger partial charge in [-0.25, -0.2) is 4.98 Å². The molecule has 0 aliphatic heterocycles. The number of nitrogens with one attached hydrogen (secondary N) is 1. The molecule has 1 aromatic rings. The molecule has 0 unspecified atom stereocenters. The van der Waals surface area contributed by atoms with Gasteiger partial charge in [-0.1, -0.05) is 0 Å². The van der Waals surface area contributed by atoms with Crippen LogP contribution in [0, 0.1) is 6.92 Å². The lowest BCUT2D eigenvalue weighted by molar-refractivity contribution is -0.135. The molecule has 1 heterocycles. The van der Waals surface area contributed by atoms with Crippen LogP contribution in [0.1, 0.15) is 43.8 Å². The maximum Gasteiger partial charge on any atom is 0.389 e. The standard InChI is InChI=1S/C12H18F3N3/c1-9-8-18(10-4-5-10)11(17-9)16-7-3-2-6-12(13,14)15/h8,10H,2-7H2,1H3,(H,16,17). The Balaban J connectivity index is 1.73. The minimum absolute atomic E-state index is 0.166. The van der Waals surface area contributed by atoms with Crippen molar-refractivity contribution < 1.29 is 13.2 Å². The lowest BCUT2D eigenvalue weighted by Crippen LogP contribution is -2.10. The van der Waals surface area contributed by atoms with E-state index >= 15 is 0 Å². The number of rotatable bonds is 6. The Kier molecular flexibility index (Phi) is 3.82. The first kappa shape index (κ1) is 13.2. The van der Waals surface area contributed by atoms with Crippen molar-refractivity contribution in [3.63, 3.8) is 0 Å². The summed E-state index contributed by atoms with van der Waals surface area (Å²) >= 11 is 0. The average Bonchev–Trinajstić information content (AvgIpc) is 3.01. The maximum atomic E-state index is 12.0. The molecule has 1 saturated carbocycles. The van der Waals surface area contributed by atoms with Crippen LogP contribution in [0.5, 0.6) is 0 Å². The summed E-state index contributed by atoms with van der Waals surface area (Å²) in [6, 6.07) is 0.531. The van der Waals surface area contributed by atoms with Crippen LogP contribution >= 0.6 is 0 Å². The Morgan fingerprint density at radius 3 is 2.72 bits per heavy atom. The first-order valence-corrected chi connectivity index (χ1v) is 6.32. The zero-order valence-electron chi connectivity index (χ0n) is 10.4. The van der Waals surface area contributed by atoms with Crippen LogP contribution in [0.25, 0.3) is 0 Å². The number of alkyl halides is 3. The van der Waals surface area contributed by atoms with Gasteiger partial charge < -0.3 is 9.88 Å². The smallest absolute Gasteiger partial charge is 0.356 e. The zero-order chi connectivity index (χ0) is 13.2. The number of nitrogens with zero attached hydrogens (tertiary/aromatic N) is 2. The largest absolute Gasteiger partial charge is 0.389 e. The summed E-state index contributed by atoms with van der Waals surface area (Å²) in [6.45, 7) is 2.47. The van der Waals surface area contributed by atoms with Gasteiger partial charge in [0, 0.05) is 25.2 Å². The van der Waals surface area contributed by atoms with E-state index in [4.69, 9.17) is 0 Å². The zero-order valence-corrected chi connectivity index (χ0v) is 10.4. The molecule has 0 bridgehead atoms. The summed E-state index contributed by atoms with van der Waals surface area (Å²) in [7, 11) is 0. The first-order valence-electron chi connectivity index (χ1n) is 6.32. The summed E-state index contributed by atoms with van der Waals surface area (Å²) in [5.74, 6) is 0.794. The van der Waals surface area contributed by atoms with E-state index in [2.05, 4.69) is 14.9 Å². The molecule has 0 aromatic carbocycles. The van der Waals surface area contributed by atoms with Gasteiger partial charge in [-0.05, 0) is 32.6 Å². The highest BCUT2D eigenvalue weighted by molar-refractivity contribution is 5.30. The maximum absolute atomic E-state index is 12.0. The molecule has 18 heavy (non-hydrogen) atoms. The van der Waals surface area contributed by atoms with Gasteiger partial charge in [0.15, 0.2) is 0 Å². The summed E-state index contributed by atoms with van der Waals surface area (Å²) in [4.78, 5) is 4.35. The second-order valence-corrected chi connectivity index (χ2v) is 4.84. The molecule has 1 aliphatic carbocycles. The Bertz CT molecular complexity index is 394. The predicted octanol–water partition coefficient (Wildman–Crippen LogP) is 3.67. The fourth-order valence-corrected chi connectivity index (χ4v) is 1.93. The predicted molar refractivity (Wildman–Crippen MR) is 63.6 cm³/mol. The van der Waals surface area contributed by atoms with Gasteiger partial charge in [0.1, 0.15) is 0 Å². The van der Waals surface area contributed by atoms with Crippen LogP contribution in [-0.2, 0) is 0 Å². The number of hydrogen-bond donors (Lipinski definition) is 1. The first-order chi connectivity index (χ1) is 8.46. The highest BCUT2D eigenvalue weighted by atomic mass is 19.4. The van der Waals surface area contributed by atoms with E-state index in [9.17, 15) is 13.2 Å². The van der Waals surface area contributed by atoms with E-state index in [0.29, 0.717) is 19.0 Å². The van der Waals surface area contributed by atoms with Crippen LogP contribution in [-0.4, -0.2) is 22.3 Å². The molecular weight excluding hydrogens is 243 g/mol. The molecule has 0 radical (unpaired) electrons. The molecule has 1 fully saturated rings. The van der Waals surface area contributed by atoms with Gasteiger partial charge in [-0.2, -0.15) is 13.2 Å². The molecule has 6 heteroatoms. The lowest BCUT2D eigenvalue weighted by Gasteiger charge is -2.09. The second-order valence-electron chi connectivity index (χ2n) is 4.84. The Hall–Kier alpha value is -1.20. The highest BCUT2D eigenvalue weighted by Gasteiger charge is 2.27. The molecule has 2 rings (SSSR count).